The molecule has 4 rings (SSSR count). The van der Waals surface area contributed by atoms with Crippen molar-refractivity contribution < 1.29 is 38.1 Å². The van der Waals surface area contributed by atoms with Crippen molar-refractivity contribution in [3.8, 4) is 5.75 Å². The van der Waals surface area contributed by atoms with Gasteiger partial charge < -0.3 is 30.3 Å². The lowest BCUT2D eigenvalue weighted by molar-refractivity contribution is -0.137. The molecule has 266 valence electrons. The Balaban J connectivity index is 1.69. The Hall–Kier alpha value is -4.00. The van der Waals surface area contributed by atoms with Gasteiger partial charge in [0.05, 0.1) is 41.1 Å². The van der Waals surface area contributed by atoms with Crippen molar-refractivity contribution >= 4 is 27.5 Å². The summed E-state index contributed by atoms with van der Waals surface area (Å²) in [7, 11) is 0.0875. The number of pyridine rings is 1. The van der Waals surface area contributed by atoms with Crippen LogP contribution in [0, 0.1) is 5.41 Å². The van der Waals surface area contributed by atoms with Gasteiger partial charge in [0, 0.05) is 37.7 Å². The van der Waals surface area contributed by atoms with Crippen LogP contribution < -0.4 is 15.0 Å². The molecule has 2 aromatic carbocycles. The van der Waals surface area contributed by atoms with Crippen LogP contribution in [0.3, 0.4) is 0 Å². The summed E-state index contributed by atoms with van der Waals surface area (Å²) in [5, 5.41) is 33.4. The molecule has 0 unspecified atom stereocenters. The number of rotatable bonds is 17. The second-order valence-corrected chi connectivity index (χ2v) is 15.2. The van der Waals surface area contributed by atoms with E-state index < -0.39 is 39.2 Å². The summed E-state index contributed by atoms with van der Waals surface area (Å²) < 4.78 is 34.2. The van der Waals surface area contributed by atoms with Crippen molar-refractivity contribution in [1.29, 1.82) is 0 Å². The maximum Gasteiger partial charge on any atom is 0.317 e. The molecule has 1 aliphatic heterocycles. The molecule has 2 atom stereocenters. The van der Waals surface area contributed by atoms with E-state index >= 15 is 0 Å². The number of aliphatic carboxylic acids is 2. The van der Waals surface area contributed by atoms with Gasteiger partial charge in [-0.3, -0.25) is 14.6 Å². The quantitative estimate of drug-likeness (QED) is 0.147. The molecule has 0 aliphatic carbocycles. The maximum atomic E-state index is 14.1. The average Bonchev–Trinajstić information content (AvgIpc) is 3.11. The van der Waals surface area contributed by atoms with Crippen LogP contribution in [0.2, 0.25) is 0 Å². The molecule has 0 spiro atoms. The number of unbranched alkanes of at least 4 members (excludes halogenated alkanes) is 2. The Morgan fingerprint density at radius 2 is 1.61 bits per heavy atom. The monoisotopic (exact) mass is 695 g/mol. The van der Waals surface area contributed by atoms with Crippen molar-refractivity contribution in [3.63, 3.8) is 0 Å². The first-order chi connectivity index (χ1) is 23.3. The number of carbonyl (C=O) groups is 2. The zero-order valence-electron chi connectivity index (χ0n) is 28.8. The highest BCUT2D eigenvalue weighted by Crippen LogP contribution is 2.50. The number of hydrogen-bond acceptors (Lipinski definition) is 9. The van der Waals surface area contributed by atoms with Gasteiger partial charge in [-0.25, -0.2) is 8.42 Å². The summed E-state index contributed by atoms with van der Waals surface area (Å²) in [5.41, 5.74) is 2.90. The molecule has 0 radical (unpaired) electrons. The fourth-order valence-electron chi connectivity index (χ4n) is 6.78. The van der Waals surface area contributed by atoms with Crippen molar-refractivity contribution in [1.82, 2.24) is 10.3 Å². The first kappa shape index (κ1) is 37.8. The minimum atomic E-state index is -3.72. The summed E-state index contributed by atoms with van der Waals surface area (Å²) in [6.07, 6.45) is 3.47. The highest BCUT2D eigenvalue weighted by Gasteiger charge is 2.49. The van der Waals surface area contributed by atoms with E-state index in [1.807, 2.05) is 43.3 Å². The molecule has 11 nitrogen and oxygen atoms in total. The molecule has 0 fully saturated rings. The lowest BCUT2D eigenvalue weighted by Gasteiger charge is -2.40. The molecular weight excluding hydrogens is 646 g/mol. The molecule has 0 saturated carbocycles. The van der Waals surface area contributed by atoms with Crippen LogP contribution in [0.4, 0.5) is 5.69 Å². The summed E-state index contributed by atoms with van der Waals surface area (Å²) in [5.74, 6) is -2.19. The van der Waals surface area contributed by atoms with Gasteiger partial charge in [-0.2, -0.15) is 0 Å². The van der Waals surface area contributed by atoms with Crippen LogP contribution in [0.5, 0.6) is 5.75 Å². The van der Waals surface area contributed by atoms with Gasteiger partial charge >= 0.3 is 11.9 Å². The number of ether oxygens (including phenoxy) is 1. The van der Waals surface area contributed by atoms with E-state index in [0.29, 0.717) is 41.1 Å². The average molecular weight is 696 g/mol. The van der Waals surface area contributed by atoms with Gasteiger partial charge in [0.25, 0.3) is 0 Å². The van der Waals surface area contributed by atoms with Crippen molar-refractivity contribution in [2.45, 2.75) is 88.9 Å². The summed E-state index contributed by atoms with van der Waals surface area (Å²) >= 11 is 0. The number of carboxylic acid groups (broad SMARTS) is 2. The van der Waals surface area contributed by atoms with Gasteiger partial charge in [0.15, 0.2) is 9.84 Å². The van der Waals surface area contributed by atoms with Crippen molar-refractivity contribution in [2.75, 3.05) is 31.3 Å². The molecule has 2 heterocycles. The van der Waals surface area contributed by atoms with Crippen LogP contribution in [0.25, 0.3) is 0 Å². The summed E-state index contributed by atoms with van der Waals surface area (Å²) in [4.78, 5) is 29.0. The standard InChI is InChI=1S/C37H49N3O8S/c1-5-7-15-37(16-8-6-2)24-49(46,47)32-14-11-29(40(3)4)20-31(32)35(36(37)45)26-9-12-30(13-10-26)48-23-28-18-25(19-33(41)42)17-27(39-28)21-38-22-34(43)44/h9-14,17-18,20,35-36,38,45H,5-8,15-16,19,21-24H2,1-4H3,(H,41,42)(H,43,44)/t35-,36-/m1/s1. The Morgan fingerprint density at radius 1 is 0.959 bits per heavy atom. The van der Waals surface area contributed by atoms with E-state index in [9.17, 15) is 28.2 Å². The van der Waals surface area contributed by atoms with Gasteiger partial charge in [-0.05, 0) is 72.0 Å². The molecule has 0 bridgehead atoms. The van der Waals surface area contributed by atoms with Crippen LogP contribution in [-0.4, -0.2) is 73.2 Å². The molecule has 0 saturated heterocycles. The smallest absolute Gasteiger partial charge is 0.317 e. The SMILES string of the molecule is CCCCC1(CCCC)CS(=O)(=O)c2ccc(N(C)C)cc2[C@@H](c2ccc(OCc3cc(CC(=O)O)cc(CNCC(=O)O)n3)cc2)[C@H]1O. The fraction of sp³-hybridized carbons (Fsp3) is 0.486. The van der Waals surface area contributed by atoms with Crippen molar-refractivity contribution in [3.05, 3.63) is 82.7 Å². The molecule has 1 aliphatic rings. The van der Waals surface area contributed by atoms with E-state index in [1.165, 1.54) is 0 Å². The fourth-order valence-corrected chi connectivity index (χ4v) is 8.97. The number of nitrogens with zero attached hydrogens (tertiary/aromatic N) is 2. The third-order valence-corrected chi connectivity index (χ3v) is 11.2. The number of benzene rings is 2. The van der Waals surface area contributed by atoms with E-state index in [1.54, 1.807) is 30.3 Å². The van der Waals surface area contributed by atoms with Crippen LogP contribution in [0.1, 0.15) is 86.4 Å². The van der Waals surface area contributed by atoms with E-state index in [4.69, 9.17) is 9.84 Å². The van der Waals surface area contributed by atoms with E-state index in [2.05, 4.69) is 24.1 Å². The minimum absolute atomic E-state index is 0.0369. The predicted octanol–water partition coefficient (Wildman–Crippen LogP) is 5.17. The molecule has 12 heteroatoms. The summed E-state index contributed by atoms with van der Waals surface area (Å²) in [6, 6.07) is 16.0. The van der Waals surface area contributed by atoms with Gasteiger partial charge in [0.1, 0.15) is 12.4 Å². The van der Waals surface area contributed by atoms with E-state index in [-0.39, 0.29) is 36.8 Å². The molecular formula is C37H49N3O8S. The zero-order chi connectivity index (χ0) is 35.8. The van der Waals surface area contributed by atoms with E-state index in [0.717, 1.165) is 36.9 Å². The predicted molar refractivity (Wildman–Crippen MR) is 188 cm³/mol. The Labute approximate surface area is 289 Å². The second-order valence-electron chi connectivity index (χ2n) is 13.3. The lowest BCUT2D eigenvalue weighted by Crippen LogP contribution is -2.43. The first-order valence-corrected chi connectivity index (χ1v) is 18.5. The number of sulfone groups is 1. The third kappa shape index (κ3) is 9.58. The number of aromatic nitrogens is 1. The molecule has 4 N–H and O–H groups in total. The van der Waals surface area contributed by atoms with Crippen LogP contribution >= 0.6 is 0 Å². The number of fused-ring (bicyclic) bond motifs is 1. The Morgan fingerprint density at radius 3 is 2.20 bits per heavy atom. The molecule has 49 heavy (non-hydrogen) atoms. The number of carboxylic acids is 2. The van der Waals surface area contributed by atoms with Gasteiger partial charge in [0.2, 0.25) is 0 Å². The van der Waals surface area contributed by atoms with Crippen LogP contribution in [-0.2, 0) is 39.0 Å². The Kier molecular flexibility index (Phi) is 12.8. The molecule has 1 aromatic heterocycles. The normalized spacial score (nSPS) is 17.9. The Bertz CT molecular complexity index is 1700. The third-order valence-electron chi connectivity index (χ3n) is 9.21. The first-order valence-electron chi connectivity index (χ1n) is 16.9. The second kappa shape index (κ2) is 16.6. The number of anilines is 1. The van der Waals surface area contributed by atoms with Crippen molar-refractivity contribution in [2.24, 2.45) is 5.41 Å². The maximum absolute atomic E-state index is 14.1. The summed E-state index contributed by atoms with van der Waals surface area (Å²) in [6.45, 7) is 4.08. The largest absolute Gasteiger partial charge is 0.487 e. The lowest BCUT2D eigenvalue weighted by atomic mass is 9.68. The number of aliphatic hydroxyl groups is 1. The molecule has 0 amide bonds. The minimum Gasteiger partial charge on any atom is -0.487 e. The van der Waals surface area contributed by atoms with Crippen LogP contribution in [0.15, 0.2) is 59.5 Å². The van der Waals surface area contributed by atoms with Gasteiger partial charge in [-0.1, -0.05) is 51.7 Å². The van der Waals surface area contributed by atoms with Gasteiger partial charge in [-0.15, -0.1) is 0 Å². The number of aliphatic hydroxyl groups excluding tert-OH is 1. The molecule has 3 aromatic rings. The number of hydrogen-bond donors (Lipinski definition) is 4. The highest BCUT2D eigenvalue weighted by atomic mass is 32.2. The zero-order valence-corrected chi connectivity index (χ0v) is 29.6. The number of nitrogens with one attached hydrogen (secondary N) is 1. The highest BCUT2D eigenvalue weighted by molar-refractivity contribution is 7.91. The topological polar surface area (TPSA) is 166 Å².